The molecule has 0 aliphatic carbocycles. The van der Waals surface area contributed by atoms with Crippen molar-refractivity contribution in [3.63, 3.8) is 0 Å². The van der Waals surface area contributed by atoms with Gasteiger partial charge in [-0.15, -0.1) is 0 Å². The van der Waals surface area contributed by atoms with E-state index in [-0.39, 0.29) is 11.2 Å². The first-order valence-corrected chi connectivity index (χ1v) is 6.18. The van der Waals surface area contributed by atoms with Crippen molar-refractivity contribution in [1.29, 1.82) is 0 Å². The van der Waals surface area contributed by atoms with E-state index < -0.39 is 23.2 Å². The van der Waals surface area contributed by atoms with Crippen LogP contribution < -0.4 is 5.32 Å². The number of likely N-dealkylation sites (N-methyl/N-ethyl adjacent to an activating group) is 1. The van der Waals surface area contributed by atoms with Crippen molar-refractivity contribution in [2.75, 3.05) is 33.1 Å². The number of nitrogens with one attached hydrogen (secondary N) is 1. The SMILES string of the molecule is COC(=O)c1ccc(NCC(C)(C)N(C)C)c(F)c1F. The Labute approximate surface area is 117 Å². The van der Waals surface area contributed by atoms with E-state index in [0.29, 0.717) is 6.54 Å². The van der Waals surface area contributed by atoms with Gasteiger partial charge in [-0.25, -0.2) is 13.6 Å². The summed E-state index contributed by atoms with van der Waals surface area (Å²) >= 11 is 0. The summed E-state index contributed by atoms with van der Waals surface area (Å²) in [5.74, 6) is -3.19. The molecule has 6 heteroatoms. The third-order valence-electron chi connectivity index (χ3n) is 3.41. The fraction of sp³-hybridized carbons (Fsp3) is 0.500. The fourth-order valence-corrected chi connectivity index (χ4v) is 1.42. The number of methoxy groups -OCH3 is 1. The molecule has 0 heterocycles. The van der Waals surface area contributed by atoms with Gasteiger partial charge in [-0.3, -0.25) is 0 Å². The molecule has 0 atom stereocenters. The smallest absolute Gasteiger partial charge is 0.340 e. The Morgan fingerprint density at radius 3 is 2.40 bits per heavy atom. The van der Waals surface area contributed by atoms with Crippen LogP contribution in [0.3, 0.4) is 0 Å². The van der Waals surface area contributed by atoms with Gasteiger partial charge in [-0.05, 0) is 40.1 Å². The van der Waals surface area contributed by atoms with Gasteiger partial charge >= 0.3 is 5.97 Å². The summed E-state index contributed by atoms with van der Waals surface area (Å²) in [7, 11) is 4.92. The lowest BCUT2D eigenvalue weighted by Crippen LogP contribution is -2.44. The summed E-state index contributed by atoms with van der Waals surface area (Å²) in [6.07, 6.45) is 0. The van der Waals surface area contributed by atoms with E-state index >= 15 is 0 Å². The molecule has 0 amide bonds. The molecule has 4 nitrogen and oxygen atoms in total. The average Bonchev–Trinajstić information content (AvgIpc) is 2.39. The predicted molar refractivity (Wildman–Crippen MR) is 74.0 cm³/mol. The molecule has 0 aliphatic rings. The molecule has 1 aromatic carbocycles. The molecule has 0 spiro atoms. The van der Waals surface area contributed by atoms with E-state index in [1.807, 2.05) is 32.8 Å². The number of halogens is 2. The molecule has 1 aromatic rings. The van der Waals surface area contributed by atoms with Crippen LogP contribution in [0.2, 0.25) is 0 Å². The average molecular weight is 286 g/mol. The van der Waals surface area contributed by atoms with Gasteiger partial charge in [-0.2, -0.15) is 0 Å². The number of rotatable bonds is 5. The number of anilines is 1. The van der Waals surface area contributed by atoms with Gasteiger partial charge in [0.2, 0.25) is 0 Å². The fourth-order valence-electron chi connectivity index (χ4n) is 1.42. The Morgan fingerprint density at radius 2 is 1.90 bits per heavy atom. The highest BCUT2D eigenvalue weighted by molar-refractivity contribution is 5.90. The van der Waals surface area contributed by atoms with E-state index in [0.717, 1.165) is 7.11 Å². The van der Waals surface area contributed by atoms with Crippen LogP contribution in [0.25, 0.3) is 0 Å². The first kappa shape index (κ1) is 16.4. The molecule has 1 N–H and O–H groups in total. The zero-order valence-corrected chi connectivity index (χ0v) is 12.4. The van der Waals surface area contributed by atoms with E-state index in [1.54, 1.807) is 0 Å². The zero-order valence-electron chi connectivity index (χ0n) is 12.4. The molecule has 0 radical (unpaired) electrons. The highest BCUT2D eigenvalue weighted by Gasteiger charge is 2.23. The third-order valence-corrected chi connectivity index (χ3v) is 3.41. The molecule has 0 bridgehead atoms. The molecule has 0 saturated heterocycles. The van der Waals surface area contributed by atoms with Crippen LogP contribution >= 0.6 is 0 Å². The number of carbonyl (C=O) groups is 1. The molecule has 0 aliphatic heterocycles. The quantitative estimate of drug-likeness (QED) is 0.844. The van der Waals surface area contributed by atoms with Crippen molar-refractivity contribution in [3.05, 3.63) is 29.3 Å². The van der Waals surface area contributed by atoms with E-state index in [1.165, 1.54) is 12.1 Å². The maximum Gasteiger partial charge on any atom is 0.340 e. The molecule has 1 rings (SSSR count). The van der Waals surface area contributed by atoms with Crippen LogP contribution in [0, 0.1) is 11.6 Å². The van der Waals surface area contributed by atoms with E-state index in [2.05, 4.69) is 10.1 Å². The van der Waals surface area contributed by atoms with Gasteiger partial charge in [0.05, 0.1) is 18.4 Å². The summed E-state index contributed by atoms with van der Waals surface area (Å²) < 4.78 is 32.0. The summed E-state index contributed by atoms with van der Waals surface area (Å²) in [5.41, 5.74) is -0.628. The summed E-state index contributed by atoms with van der Waals surface area (Å²) in [5, 5.41) is 2.85. The molecule has 0 unspecified atom stereocenters. The van der Waals surface area contributed by atoms with Crippen molar-refractivity contribution < 1.29 is 18.3 Å². The second kappa shape index (κ2) is 6.17. The van der Waals surface area contributed by atoms with Crippen LogP contribution in [0.4, 0.5) is 14.5 Å². The minimum absolute atomic E-state index is 0.0186. The Kier molecular flexibility index (Phi) is 5.05. The minimum Gasteiger partial charge on any atom is -0.465 e. The first-order chi connectivity index (χ1) is 9.20. The zero-order chi connectivity index (χ0) is 15.5. The molecule has 0 saturated carbocycles. The molecular weight excluding hydrogens is 266 g/mol. The number of ether oxygens (including phenoxy) is 1. The van der Waals surface area contributed by atoms with Crippen molar-refractivity contribution in [1.82, 2.24) is 4.90 Å². The van der Waals surface area contributed by atoms with Crippen molar-refractivity contribution in [2.45, 2.75) is 19.4 Å². The monoisotopic (exact) mass is 286 g/mol. The van der Waals surface area contributed by atoms with Crippen molar-refractivity contribution >= 4 is 11.7 Å². The minimum atomic E-state index is -1.20. The maximum absolute atomic E-state index is 13.9. The Hall–Kier alpha value is -1.69. The highest BCUT2D eigenvalue weighted by Crippen LogP contribution is 2.22. The second-order valence-corrected chi connectivity index (χ2v) is 5.34. The van der Waals surface area contributed by atoms with Crippen LogP contribution in [0.5, 0.6) is 0 Å². The summed E-state index contributed by atoms with van der Waals surface area (Å²) in [4.78, 5) is 13.2. The summed E-state index contributed by atoms with van der Waals surface area (Å²) in [6.45, 7) is 4.36. The topological polar surface area (TPSA) is 41.6 Å². The third kappa shape index (κ3) is 3.45. The number of nitrogens with zero attached hydrogens (tertiary/aromatic N) is 1. The lowest BCUT2D eigenvalue weighted by Gasteiger charge is -2.33. The standard InChI is InChI=1S/C14H20F2N2O2/c1-14(2,18(3)4)8-17-10-7-6-9(13(19)20-5)11(15)12(10)16/h6-7,17H,8H2,1-5H3. The Bertz CT molecular complexity index is 502. The number of benzene rings is 1. The number of esters is 1. The number of carbonyl (C=O) groups excluding carboxylic acids is 1. The van der Waals surface area contributed by atoms with Gasteiger partial charge in [0.25, 0.3) is 0 Å². The van der Waals surface area contributed by atoms with Gasteiger partial charge < -0.3 is 15.0 Å². The van der Waals surface area contributed by atoms with Crippen LogP contribution in [0.15, 0.2) is 12.1 Å². The van der Waals surface area contributed by atoms with Gasteiger partial charge in [0.1, 0.15) is 0 Å². The van der Waals surface area contributed by atoms with E-state index in [4.69, 9.17) is 0 Å². The van der Waals surface area contributed by atoms with Gasteiger partial charge in [0.15, 0.2) is 11.6 Å². The molecule has 0 aromatic heterocycles. The van der Waals surface area contributed by atoms with Crippen LogP contribution in [-0.4, -0.2) is 44.2 Å². The van der Waals surface area contributed by atoms with Crippen molar-refractivity contribution in [3.8, 4) is 0 Å². The number of hydrogen-bond donors (Lipinski definition) is 1. The molecule has 112 valence electrons. The highest BCUT2D eigenvalue weighted by atomic mass is 19.2. The Morgan fingerprint density at radius 1 is 1.30 bits per heavy atom. The van der Waals surface area contributed by atoms with Crippen molar-refractivity contribution in [2.24, 2.45) is 0 Å². The van der Waals surface area contributed by atoms with Gasteiger partial charge in [-0.1, -0.05) is 0 Å². The molecule has 20 heavy (non-hydrogen) atoms. The van der Waals surface area contributed by atoms with Crippen LogP contribution in [-0.2, 0) is 4.74 Å². The first-order valence-electron chi connectivity index (χ1n) is 6.18. The van der Waals surface area contributed by atoms with E-state index in [9.17, 15) is 13.6 Å². The largest absolute Gasteiger partial charge is 0.465 e. The lowest BCUT2D eigenvalue weighted by molar-refractivity contribution is 0.0594. The predicted octanol–water partition coefficient (Wildman–Crippen LogP) is 2.50. The normalized spacial score (nSPS) is 11.6. The molecule has 0 fully saturated rings. The summed E-state index contributed by atoms with van der Waals surface area (Å²) in [6, 6.07) is 2.53. The second-order valence-electron chi connectivity index (χ2n) is 5.34. The maximum atomic E-state index is 13.9. The molecular formula is C14H20F2N2O2. The number of hydrogen-bond acceptors (Lipinski definition) is 4. The van der Waals surface area contributed by atoms with Crippen LogP contribution in [0.1, 0.15) is 24.2 Å². The lowest BCUT2D eigenvalue weighted by atomic mass is 10.0. The Balaban J connectivity index is 2.94. The van der Waals surface area contributed by atoms with Gasteiger partial charge in [0, 0.05) is 12.1 Å².